The smallest absolute Gasteiger partial charge is 0.408 e. The van der Waals surface area contributed by atoms with Gasteiger partial charge in [0.25, 0.3) is 0 Å². The maximum Gasteiger partial charge on any atom is 0.408 e. The molecule has 3 fully saturated rings. The number of methoxy groups -OCH3 is 2. The Bertz CT molecular complexity index is 2020. The number of aliphatic hydroxyl groups excluding tert-OH is 1. The number of Topliss-reactive ketones (excluding diaryl/α,β-unsaturated/α-hetero) is 1. The number of fused-ring (bicyclic) bond motifs is 5. The van der Waals surface area contributed by atoms with Crippen molar-refractivity contribution in [3.63, 3.8) is 0 Å². The summed E-state index contributed by atoms with van der Waals surface area (Å²) >= 11 is 0. The maximum atomic E-state index is 15.5. The van der Waals surface area contributed by atoms with Crippen molar-refractivity contribution in [1.82, 2.24) is 5.32 Å². The molecule has 18 nitrogen and oxygen atoms in total. The van der Waals surface area contributed by atoms with E-state index in [1.165, 1.54) is 21.1 Å². The van der Waals surface area contributed by atoms with Crippen molar-refractivity contribution >= 4 is 29.8 Å². The van der Waals surface area contributed by atoms with E-state index in [0.29, 0.717) is 11.1 Å². The molecule has 1 aliphatic heterocycles. The molecule has 1 unspecified atom stereocenters. The molecule has 0 spiro atoms. The minimum atomic E-state index is -2.22. The molecule has 2 aromatic rings. The van der Waals surface area contributed by atoms with Crippen LogP contribution in [0.3, 0.4) is 0 Å². The van der Waals surface area contributed by atoms with Crippen molar-refractivity contribution in [3.8, 4) is 0 Å². The number of ketones is 1. The zero-order chi connectivity index (χ0) is 44.2. The second-order valence-corrected chi connectivity index (χ2v) is 18.0. The van der Waals surface area contributed by atoms with E-state index < -0.39 is 112 Å². The molecule has 63 heavy (non-hydrogen) atoms. The molecule has 2 bridgehead atoms. The molecule has 3 aliphatic carbocycles. The van der Waals surface area contributed by atoms with Gasteiger partial charge in [-0.15, -0.1) is 0 Å². The molecule has 9 N–H and O–H groups in total. The highest BCUT2D eigenvalue weighted by Gasteiger charge is 2.78. The summed E-state index contributed by atoms with van der Waals surface area (Å²) in [5.41, 5.74) is -6.72. The molecular formula is C45H63NO17. The van der Waals surface area contributed by atoms with Gasteiger partial charge in [-0.25, -0.2) is 14.4 Å². The van der Waals surface area contributed by atoms with Crippen molar-refractivity contribution in [2.45, 2.75) is 128 Å². The third kappa shape index (κ3) is 9.00. The topological polar surface area (TPSA) is 297 Å². The standard InChI is InChI=1S/C45H57NO14.3H2O/c1-24-28(57-39(51)33(48)32(26-17-13-11-14-18-26)46-40(52)60-41(3,4)5)22-45(53)37(58-38(50)27-19-15-12-16-20-27)35-43(8,36(49)34(55-10)31(24)42(45,6)7)29(54-9)21-30-44(35,23-56-30)59-25(2)47;;;/h11-20,28-30,32-35,37,48,53H,21-23H2,1-10H3,(H,46,52);3*1H2/t28-,29-,30+,32-,33+,34+,35?,37-,43+,44-,45+;;;/m0.../s1. The van der Waals surface area contributed by atoms with Crippen molar-refractivity contribution in [1.29, 1.82) is 0 Å². The highest BCUT2D eigenvalue weighted by molar-refractivity contribution is 5.94. The highest BCUT2D eigenvalue weighted by Crippen LogP contribution is 2.64. The third-order valence-electron chi connectivity index (χ3n) is 13.0. The van der Waals surface area contributed by atoms with E-state index >= 15 is 4.79 Å². The van der Waals surface area contributed by atoms with Crippen molar-refractivity contribution in [2.24, 2.45) is 16.7 Å². The number of alkyl carbamates (subject to hydrolysis) is 1. The van der Waals surface area contributed by atoms with Gasteiger partial charge in [0, 0.05) is 39.4 Å². The van der Waals surface area contributed by atoms with Crippen LogP contribution in [0.5, 0.6) is 0 Å². The van der Waals surface area contributed by atoms with E-state index in [1.54, 1.807) is 109 Å². The number of ether oxygens (including phenoxy) is 7. The summed E-state index contributed by atoms with van der Waals surface area (Å²) in [7, 11) is 2.78. The average Bonchev–Trinajstić information content (AvgIpc) is 3.18. The Morgan fingerprint density at radius 1 is 0.905 bits per heavy atom. The Balaban J connectivity index is 0.00000352. The summed E-state index contributed by atoms with van der Waals surface area (Å²) < 4.78 is 42.4. The quantitative estimate of drug-likeness (QED) is 0.175. The Morgan fingerprint density at radius 2 is 1.49 bits per heavy atom. The fourth-order valence-corrected chi connectivity index (χ4v) is 10.1. The van der Waals surface area contributed by atoms with Gasteiger partial charge in [-0.05, 0) is 63.5 Å². The zero-order valence-corrected chi connectivity index (χ0v) is 37.3. The number of nitrogens with one attached hydrogen (secondary N) is 1. The van der Waals surface area contributed by atoms with Gasteiger partial charge in [-0.2, -0.15) is 0 Å². The van der Waals surface area contributed by atoms with E-state index in [0.717, 1.165) is 0 Å². The monoisotopic (exact) mass is 889 g/mol. The van der Waals surface area contributed by atoms with Crippen LogP contribution >= 0.6 is 0 Å². The second-order valence-electron chi connectivity index (χ2n) is 18.0. The average molecular weight is 890 g/mol. The predicted molar refractivity (Wildman–Crippen MR) is 224 cm³/mol. The molecule has 4 aliphatic rings. The first-order valence-electron chi connectivity index (χ1n) is 20.1. The van der Waals surface area contributed by atoms with Crippen LogP contribution in [0.2, 0.25) is 0 Å². The largest absolute Gasteiger partial charge is 0.456 e. The minimum Gasteiger partial charge on any atom is -0.456 e. The zero-order valence-electron chi connectivity index (χ0n) is 37.3. The molecule has 0 radical (unpaired) electrons. The molecule has 1 saturated heterocycles. The summed E-state index contributed by atoms with van der Waals surface area (Å²) in [5, 5.41) is 28.0. The number of benzene rings is 2. The van der Waals surface area contributed by atoms with Gasteiger partial charge in [0.05, 0.1) is 35.6 Å². The first-order valence-corrected chi connectivity index (χ1v) is 20.1. The molecule has 2 saturated carbocycles. The molecule has 350 valence electrons. The molecule has 0 aromatic heterocycles. The third-order valence-corrected chi connectivity index (χ3v) is 13.0. The van der Waals surface area contributed by atoms with Crippen LogP contribution in [0.25, 0.3) is 0 Å². The van der Waals surface area contributed by atoms with Crippen molar-refractivity contribution in [3.05, 3.63) is 82.9 Å². The Labute approximate surface area is 366 Å². The van der Waals surface area contributed by atoms with Gasteiger partial charge in [0.2, 0.25) is 0 Å². The van der Waals surface area contributed by atoms with Crippen molar-refractivity contribution in [2.75, 3.05) is 20.8 Å². The Morgan fingerprint density at radius 3 is 2.00 bits per heavy atom. The first kappa shape index (κ1) is 52.6. The summed E-state index contributed by atoms with van der Waals surface area (Å²) in [5.74, 6) is -4.52. The number of rotatable bonds is 10. The van der Waals surface area contributed by atoms with Crippen LogP contribution in [-0.4, -0.2) is 131 Å². The van der Waals surface area contributed by atoms with E-state index in [2.05, 4.69) is 5.32 Å². The summed E-state index contributed by atoms with van der Waals surface area (Å²) in [4.78, 5) is 70.1. The Kier molecular flexibility index (Phi) is 16.0. The van der Waals surface area contributed by atoms with Gasteiger partial charge in [0.1, 0.15) is 35.6 Å². The van der Waals surface area contributed by atoms with Gasteiger partial charge in [0.15, 0.2) is 17.5 Å². The molecule has 18 heteroatoms. The summed E-state index contributed by atoms with van der Waals surface area (Å²) in [6.07, 6.45) is -9.31. The summed E-state index contributed by atoms with van der Waals surface area (Å²) in [6, 6.07) is 15.1. The fourth-order valence-electron chi connectivity index (χ4n) is 10.1. The number of hydrogen-bond acceptors (Lipinski definition) is 14. The number of esters is 3. The van der Waals surface area contributed by atoms with Gasteiger partial charge in [-0.1, -0.05) is 62.4 Å². The lowest BCUT2D eigenvalue weighted by molar-refractivity contribution is -0.347. The number of carbonyl (C=O) groups is 5. The summed E-state index contributed by atoms with van der Waals surface area (Å²) in [6.45, 7) is 12.7. The molecular weight excluding hydrogens is 826 g/mol. The normalized spacial score (nSPS) is 31.4. The van der Waals surface area contributed by atoms with Crippen LogP contribution in [0.15, 0.2) is 71.8 Å². The Hall–Kier alpha value is -4.79. The van der Waals surface area contributed by atoms with E-state index in [1.807, 2.05) is 0 Å². The molecule has 1 amide bonds. The SMILES string of the molecule is CO[C@H]1C(=O)[C@@]2(C)C([C@H](OC(=O)c3ccccc3)[C@]3(O)C[C@H](OC(=O)[C@H](O)[C@@H](NC(=O)OC(C)(C)C)c4ccccc4)C(C)=C1C3(C)C)[C@]1(OC(C)=O)CO[C@@H]1C[C@@H]2OC.O.O.O. The molecule has 6 rings (SSSR count). The van der Waals surface area contributed by atoms with Crippen LogP contribution < -0.4 is 5.32 Å². The lowest BCUT2D eigenvalue weighted by atomic mass is 9.44. The number of aliphatic hydroxyl groups is 2. The second kappa shape index (κ2) is 19.1. The van der Waals surface area contributed by atoms with Gasteiger partial charge in [-0.3, -0.25) is 9.59 Å². The van der Waals surface area contributed by atoms with Crippen LogP contribution in [0.4, 0.5) is 4.79 Å². The molecule has 1 heterocycles. The molecule has 2 aromatic carbocycles. The minimum absolute atomic E-state index is 0. The first-order chi connectivity index (χ1) is 28.1. The van der Waals surface area contributed by atoms with Crippen LogP contribution in [-0.2, 0) is 47.5 Å². The lowest BCUT2D eigenvalue weighted by Crippen LogP contribution is -2.82. The number of amides is 1. The van der Waals surface area contributed by atoms with Crippen LogP contribution in [0.1, 0.15) is 90.2 Å². The number of carbonyl (C=O) groups excluding carboxylic acids is 5. The lowest BCUT2D eigenvalue weighted by Gasteiger charge is -2.67. The van der Waals surface area contributed by atoms with E-state index in [-0.39, 0.29) is 40.6 Å². The highest BCUT2D eigenvalue weighted by atomic mass is 16.6. The van der Waals surface area contributed by atoms with E-state index in [9.17, 15) is 29.4 Å². The van der Waals surface area contributed by atoms with Crippen LogP contribution in [0, 0.1) is 16.7 Å². The van der Waals surface area contributed by atoms with Gasteiger partial charge < -0.3 is 65.1 Å². The maximum absolute atomic E-state index is 15.5. The fraction of sp³-hybridized carbons (Fsp3) is 0.578. The predicted octanol–water partition coefficient (Wildman–Crippen LogP) is 2.09. The number of hydrogen-bond donors (Lipinski definition) is 3. The van der Waals surface area contributed by atoms with Gasteiger partial charge >= 0.3 is 24.0 Å². The van der Waals surface area contributed by atoms with E-state index in [4.69, 9.17) is 33.2 Å². The molecule has 11 atom stereocenters. The van der Waals surface area contributed by atoms with Crippen molar-refractivity contribution < 1.29 is 83.8 Å².